The van der Waals surface area contributed by atoms with Crippen LogP contribution in [0.3, 0.4) is 0 Å². The van der Waals surface area contributed by atoms with E-state index in [1.807, 2.05) is 26.8 Å². The molecule has 0 saturated carbocycles. The maximum Gasteiger partial charge on any atom is 0.191 e. The summed E-state index contributed by atoms with van der Waals surface area (Å²) in [4.78, 5) is 7.06. The lowest BCUT2D eigenvalue weighted by Crippen LogP contribution is -2.50. The van der Waals surface area contributed by atoms with Crippen molar-refractivity contribution in [3.63, 3.8) is 0 Å². The van der Waals surface area contributed by atoms with E-state index in [9.17, 15) is 5.11 Å². The molecule has 0 aromatic carbocycles. The molecule has 2 heterocycles. The van der Waals surface area contributed by atoms with Gasteiger partial charge in [0, 0.05) is 38.3 Å². The van der Waals surface area contributed by atoms with Crippen LogP contribution in [0.4, 0.5) is 0 Å². The molecule has 1 aliphatic heterocycles. The third-order valence-electron chi connectivity index (χ3n) is 4.85. The Morgan fingerprint density at radius 2 is 2.10 bits per heavy atom. The van der Waals surface area contributed by atoms with Crippen LogP contribution in [-0.2, 0) is 10.3 Å². The monoisotopic (exact) mass is 522 g/mol. The molecular weight excluding hydrogens is 483 g/mol. The predicted octanol–water partition coefficient (Wildman–Crippen LogP) is 2.63. The van der Waals surface area contributed by atoms with Crippen molar-refractivity contribution in [1.82, 2.24) is 15.5 Å². The van der Waals surface area contributed by atoms with Gasteiger partial charge in [-0.15, -0.1) is 24.0 Å². The zero-order valence-electron chi connectivity index (χ0n) is 18.7. The van der Waals surface area contributed by atoms with Crippen molar-refractivity contribution in [3.8, 4) is 0 Å². The SMILES string of the molecule is CCNC(=NCC(C)(O)c1cc(C)oc1C)NCC1CN(CC(C)C)CCO1.I. The molecule has 1 aliphatic rings. The minimum Gasteiger partial charge on any atom is -0.466 e. The van der Waals surface area contributed by atoms with Gasteiger partial charge >= 0.3 is 0 Å². The van der Waals surface area contributed by atoms with Crippen molar-refractivity contribution in [3.05, 3.63) is 23.2 Å². The van der Waals surface area contributed by atoms with Gasteiger partial charge in [-0.05, 0) is 39.7 Å². The minimum absolute atomic E-state index is 0. The molecule has 0 spiro atoms. The highest BCUT2D eigenvalue weighted by Gasteiger charge is 2.28. The van der Waals surface area contributed by atoms with E-state index in [2.05, 4.69) is 34.4 Å². The third kappa shape index (κ3) is 8.43. The van der Waals surface area contributed by atoms with E-state index in [1.165, 1.54) is 0 Å². The molecular formula is C21H39IN4O3. The van der Waals surface area contributed by atoms with Crippen molar-refractivity contribution in [1.29, 1.82) is 0 Å². The summed E-state index contributed by atoms with van der Waals surface area (Å²) in [5, 5.41) is 17.5. The number of furan rings is 1. The Morgan fingerprint density at radius 1 is 1.38 bits per heavy atom. The Labute approximate surface area is 192 Å². The number of hydrogen-bond donors (Lipinski definition) is 3. The average Bonchev–Trinajstić information content (AvgIpc) is 2.96. The fraction of sp³-hybridized carbons (Fsp3) is 0.762. The Bertz CT molecular complexity index is 646. The van der Waals surface area contributed by atoms with Gasteiger partial charge in [0.15, 0.2) is 5.96 Å². The van der Waals surface area contributed by atoms with Gasteiger partial charge in [0.1, 0.15) is 17.1 Å². The maximum atomic E-state index is 10.9. The van der Waals surface area contributed by atoms with Crippen LogP contribution in [0.25, 0.3) is 0 Å². The molecule has 0 bridgehead atoms. The molecule has 1 fully saturated rings. The number of nitrogens with zero attached hydrogens (tertiary/aromatic N) is 2. The number of aliphatic hydroxyl groups is 1. The molecule has 0 radical (unpaired) electrons. The summed E-state index contributed by atoms with van der Waals surface area (Å²) < 4.78 is 11.5. The molecule has 7 nitrogen and oxygen atoms in total. The zero-order valence-corrected chi connectivity index (χ0v) is 21.1. The quantitative estimate of drug-likeness (QED) is 0.277. The maximum absolute atomic E-state index is 10.9. The van der Waals surface area contributed by atoms with Crippen molar-refractivity contribution in [2.24, 2.45) is 10.9 Å². The van der Waals surface area contributed by atoms with E-state index in [4.69, 9.17) is 9.15 Å². The smallest absolute Gasteiger partial charge is 0.191 e. The molecule has 29 heavy (non-hydrogen) atoms. The number of rotatable bonds is 8. The number of halogens is 1. The summed E-state index contributed by atoms with van der Waals surface area (Å²) in [6, 6.07) is 1.88. The highest BCUT2D eigenvalue weighted by Crippen LogP contribution is 2.27. The van der Waals surface area contributed by atoms with E-state index in [1.54, 1.807) is 6.92 Å². The first-order valence-electron chi connectivity index (χ1n) is 10.4. The summed E-state index contributed by atoms with van der Waals surface area (Å²) in [5.74, 6) is 2.87. The van der Waals surface area contributed by atoms with Gasteiger partial charge in [0.05, 0.1) is 19.3 Å². The Morgan fingerprint density at radius 3 is 2.69 bits per heavy atom. The van der Waals surface area contributed by atoms with E-state index in [0.29, 0.717) is 18.4 Å². The molecule has 3 N–H and O–H groups in total. The molecule has 8 heteroatoms. The summed E-state index contributed by atoms with van der Waals surface area (Å²) in [6.07, 6.45) is 0.135. The number of ether oxygens (including phenoxy) is 1. The minimum atomic E-state index is -1.08. The number of nitrogens with one attached hydrogen (secondary N) is 2. The van der Waals surface area contributed by atoms with Crippen LogP contribution in [0.2, 0.25) is 0 Å². The Balaban J connectivity index is 0.00000420. The second kappa shape index (κ2) is 12.1. The topological polar surface area (TPSA) is 82.3 Å². The van der Waals surface area contributed by atoms with Gasteiger partial charge in [-0.1, -0.05) is 13.8 Å². The molecule has 2 rings (SSSR count). The second-order valence-corrected chi connectivity index (χ2v) is 8.32. The number of aliphatic imine (C=N–C) groups is 1. The lowest BCUT2D eigenvalue weighted by molar-refractivity contribution is -0.0284. The van der Waals surface area contributed by atoms with Gasteiger partial charge in [-0.3, -0.25) is 4.90 Å². The predicted molar refractivity (Wildman–Crippen MR) is 128 cm³/mol. The average molecular weight is 522 g/mol. The van der Waals surface area contributed by atoms with Crippen LogP contribution in [-0.4, -0.2) is 67.9 Å². The van der Waals surface area contributed by atoms with Gasteiger partial charge in [0.2, 0.25) is 0 Å². The van der Waals surface area contributed by atoms with Gasteiger partial charge in [-0.2, -0.15) is 0 Å². The standard InChI is InChI=1S/C21H38N4O3.HI/c1-7-22-20(23-11-18-13-25(8-9-27-18)12-15(2)3)24-14-21(6,26)19-10-16(4)28-17(19)5;/h10,15,18,26H,7-9,11-14H2,1-6H3,(H2,22,23,24);1H. The lowest BCUT2D eigenvalue weighted by atomic mass is 9.96. The molecule has 1 aromatic heterocycles. The first kappa shape index (κ1) is 26.2. The number of hydrogen-bond acceptors (Lipinski definition) is 5. The van der Waals surface area contributed by atoms with Gasteiger partial charge in [0.25, 0.3) is 0 Å². The molecule has 0 aliphatic carbocycles. The highest BCUT2D eigenvalue weighted by molar-refractivity contribution is 14.0. The molecule has 168 valence electrons. The second-order valence-electron chi connectivity index (χ2n) is 8.32. The van der Waals surface area contributed by atoms with Crippen LogP contribution in [0, 0.1) is 19.8 Å². The van der Waals surface area contributed by atoms with E-state index in [-0.39, 0.29) is 36.6 Å². The van der Waals surface area contributed by atoms with Crippen molar-refractivity contribution in [2.45, 2.75) is 53.2 Å². The van der Waals surface area contributed by atoms with Gasteiger partial charge in [-0.25, -0.2) is 4.99 Å². The van der Waals surface area contributed by atoms with E-state index < -0.39 is 5.60 Å². The first-order valence-corrected chi connectivity index (χ1v) is 10.4. The van der Waals surface area contributed by atoms with Crippen molar-refractivity contribution < 1.29 is 14.3 Å². The zero-order chi connectivity index (χ0) is 20.7. The number of guanidine groups is 1. The molecule has 0 amide bonds. The largest absolute Gasteiger partial charge is 0.466 e. The lowest BCUT2D eigenvalue weighted by Gasteiger charge is -2.34. The Hall–Kier alpha value is -0.840. The fourth-order valence-electron chi connectivity index (χ4n) is 3.62. The van der Waals surface area contributed by atoms with Crippen LogP contribution in [0.1, 0.15) is 44.8 Å². The van der Waals surface area contributed by atoms with Crippen LogP contribution in [0.5, 0.6) is 0 Å². The summed E-state index contributed by atoms with van der Waals surface area (Å²) in [6.45, 7) is 17.5. The van der Waals surface area contributed by atoms with E-state index in [0.717, 1.165) is 49.9 Å². The number of morpholine rings is 1. The number of aryl methyl sites for hydroxylation is 2. The van der Waals surface area contributed by atoms with Crippen molar-refractivity contribution >= 4 is 29.9 Å². The summed E-state index contributed by atoms with van der Waals surface area (Å²) in [7, 11) is 0. The fourth-order valence-corrected chi connectivity index (χ4v) is 3.62. The van der Waals surface area contributed by atoms with Crippen LogP contribution < -0.4 is 10.6 Å². The normalized spacial score (nSPS) is 20.3. The van der Waals surface area contributed by atoms with Gasteiger partial charge < -0.3 is 24.9 Å². The summed E-state index contributed by atoms with van der Waals surface area (Å²) in [5.41, 5.74) is -0.302. The van der Waals surface area contributed by atoms with Crippen LogP contribution >= 0.6 is 24.0 Å². The molecule has 2 atom stereocenters. The molecule has 1 aromatic rings. The highest BCUT2D eigenvalue weighted by atomic mass is 127. The van der Waals surface area contributed by atoms with E-state index >= 15 is 0 Å². The van der Waals surface area contributed by atoms with Crippen molar-refractivity contribution in [2.75, 3.05) is 45.9 Å². The Kier molecular flexibility index (Phi) is 10.9. The third-order valence-corrected chi connectivity index (χ3v) is 4.85. The summed E-state index contributed by atoms with van der Waals surface area (Å²) >= 11 is 0. The molecule has 2 unspecified atom stereocenters. The first-order chi connectivity index (χ1) is 13.2. The molecule has 1 saturated heterocycles. The van der Waals surface area contributed by atoms with Crippen LogP contribution in [0.15, 0.2) is 15.5 Å².